The minimum absolute atomic E-state index is 0.0446. The van der Waals surface area contributed by atoms with E-state index >= 15 is 0 Å². The highest BCUT2D eigenvalue weighted by Gasteiger charge is 2.27. The molecule has 0 spiro atoms. The molecule has 0 radical (unpaired) electrons. The second kappa shape index (κ2) is 18.4. The molecule has 0 unspecified atom stereocenters. The second-order valence-corrected chi connectivity index (χ2v) is 13.5. The number of ether oxygens (including phenoxy) is 1. The molecule has 4 rings (SSSR count). The number of rotatable bonds is 17. The van der Waals surface area contributed by atoms with Gasteiger partial charge in [0.2, 0.25) is 0 Å². The lowest BCUT2D eigenvalue weighted by molar-refractivity contribution is -0.140. The molecule has 0 bridgehead atoms. The Morgan fingerprint density at radius 3 is 1.76 bits per heavy atom. The molecule has 0 N–H and O–H groups in total. The molecule has 1 aromatic carbocycles. The monoisotopic (exact) mass is 574 g/mol. The summed E-state index contributed by atoms with van der Waals surface area (Å²) >= 11 is 0. The first-order chi connectivity index (χ1) is 20.7. The summed E-state index contributed by atoms with van der Waals surface area (Å²) in [5, 5.41) is 0. The van der Waals surface area contributed by atoms with Crippen LogP contribution in [0.15, 0.2) is 36.7 Å². The first kappa shape index (κ1) is 32.7. The molecule has 4 heteroatoms. The van der Waals surface area contributed by atoms with E-state index in [1.54, 1.807) is 0 Å². The lowest BCUT2D eigenvalue weighted by atomic mass is 9.77. The number of unbranched alkanes of at least 4 members (excludes halogenated alkanes) is 9. The molecule has 2 aliphatic carbocycles. The van der Waals surface area contributed by atoms with Crippen molar-refractivity contribution >= 4 is 5.97 Å². The summed E-state index contributed by atoms with van der Waals surface area (Å²) in [6, 6.07) is 7.71. The molecule has 0 amide bonds. The van der Waals surface area contributed by atoms with Crippen molar-refractivity contribution < 1.29 is 9.53 Å². The summed E-state index contributed by atoms with van der Waals surface area (Å²) in [5.74, 6) is 3.65. The van der Waals surface area contributed by atoms with Gasteiger partial charge in [0.25, 0.3) is 0 Å². The normalized spacial score (nSPS) is 22.6. The van der Waals surface area contributed by atoms with E-state index < -0.39 is 0 Å². The quantitative estimate of drug-likeness (QED) is 0.107. The van der Waals surface area contributed by atoms with Crippen molar-refractivity contribution in [2.75, 3.05) is 0 Å². The second-order valence-electron chi connectivity index (χ2n) is 13.5. The van der Waals surface area contributed by atoms with Gasteiger partial charge in [0, 0.05) is 18.0 Å². The fraction of sp³-hybridized carbons (Fsp3) is 0.711. The van der Waals surface area contributed by atoms with Crippen molar-refractivity contribution in [2.45, 2.75) is 155 Å². The third-order valence-electron chi connectivity index (χ3n) is 10.2. The zero-order chi connectivity index (χ0) is 29.4. The highest BCUT2D eigenvalue weighted by atomic mass is 16.5. The van der Waals surface area contributed by atoms with E-state index in [1.807, 2.05) is 36.7 Å². The fourth-order valence-corrected chi connectivity index (χ4v) is 7.29. The number of nitrogens with zero attached hydrogens (tertiary/aromatic N) is 2. The molecule has 2 aromatic rings. The predicted molar refractivity (Wildman–Crippen MR) is 175 cm³/mol. The Bertz CT molecular complexity index is 1000. The maximum absolute atomic E-state index is 12.8. The van der Waals surface area contributed by atoms with E-state index in [4.69, 9.17) is 14.7 Å². The molecule has 42 heavy (non-hydrogen) atoms. The van der Waals surface area contributed by atoms with Crippen molar-refractivity contribution in [3.8, 4) is 17.1 Å². The average molecular weight is 575 g/mol. The van der Waals surface area contributed by atoms with E-state index in [-0.39, 0.29) is 11.9 Å². The Kier molecular flexibility index (Phi) is 14.3. The third kappa shape index (κ3) is 10.8. The van der Waals surface area contributed by atoms with Gasteiger partial charge in [0.15, 0.2) is 5.82 Å². The summed E-state index contributed by atoms with van der Waals surface area (Å²) in [6.45, 7) is 4.55. The van der Waals surface area contributed by atoms with Crippen LogP contribution in [0, 0.1) is 17.8 Å². The molecule has 0 saturated heterocycles. The molecular formula is C38H58N2O2. The summed E-state index contributed by atoms with van der Waals surface area (Å²) in [4.78, 5) is 22.2. The maximum atomic E-state index is 12.8. The van der Waals surface area contributed by atoms with Crippen LogP contribution in [0.2, 0.25) is 0 Å². The van der Waals surface area contributed by atoms with Crippen LogP contribution in [0.4, 0.5) is 0 Å². The zero-order valence-corrected chi connectivity index (χ0v) is 26.8. The van der Waals surface area contributed by atoms with Gasteiger partial charge >= 0.3 is 5.97 Å². The van der Waals surface area contributed by atoms with Gasteiger partial charge in [-0.1, -0.05) is 97.3 Å². The molecule has 0 aliphatic heterocycles. The van der Waals surface area contributed by atoms with Crippen LogP contribution in [0.25, 0.3) is 11.4 Å². The minimum Gasteiger partial charge on any atom is -0.426 e. The summed E-state index contributed by atoms with van der Waals surface area (Å²) in [5.41, 5.74) is 2.25. The average Bonchev–Trinajstić information content (AvgIpc) is 3.03. The highest BCUT2D eigenvalue weighted by Crippen LogP contribution is 2.38. The number of carbonyl (C=O) groups excluding carboxylic acids is 1. The fourth-order valence-electron chi connectivity index (χ4n) is 7.29. The van der Waals surface area contributed by atoms with Crippen molar-refractivity contribution in [1.29, 1.82) is 0 Å². The zero-order valence-electron chi connectivity index (χ0n) is 26.8. The van der Waals surface area contributed by atoms with E-state index in [0.717, 1.165) is 48.9 Å². The molecule has 0 atom stereocenters. The Morgan fingerprint density at radius 1 is 0.667 bits per heavy atom. The van der Waals surface area contributed by atoms with Gasteiger partial charge < -0.3 is 4.74 Å². The van der Waals surface area contributed by atoms with Crippen molar-refractivity contribution in [3.05, 3.63) is 42.2 Å². The van der Waals surface area contributed by atoms with Gasteiger partial charge in [-0.3, -0.25) is 4.79 Å². The molecule has 2 aliphatic rings. The predicted octanol–water partition coefficient (Wildman–Crippen LogP) is 11.2. The van der Waals surface area contributed by atoms with Gasteiger partial charge in [-0.15, -0.1) is 0 Å². The van der Waals surface area contributed by atoms with Crippen LogP contribution in [0.3, 0.4) is 0 Å². The largest absolute Gasteiger partial charge is 0.426 e. The highest BCUT2D eigenvalue weighted by molar-refractivity contribution is 5.75. The number of benzene rings is 1. The van der Waals surface area contributed by atoms with Crippen LogP contribution in [-0.4, -0.2) is 15.9 Å². The van der Waals surface area contributed by atoms with E-state index in [0.29, 0.717) is 11.7 Å². The minimum atomic E-state index is -0.0668. The Hall–Kier alpha value is -2.23. The van der Waals surface area contributed by atoms with E-state index in [2.05, 4.69) is 13.8 Å². The van der Waals surface area contributed by atoms with Crippen LogP contribution in [0.1, 0.15) is 160 Å². The van der Waals surface area contributed by atoms with Gasteiger partial charge in [-0.2, -0.15) is 0 Å². The first-order valence-electron chi connectivity index (χ1n) is 17.8. The lowest BCUT2D eigenvalue weighted by Gasteiger charge is -2.28. The van der Waals surface area contributed by atoms with Crippen LogP contribution in [0.5, 0.6) is 5.75 Å². The SMILES string of the molecule is CCCCCCCCCC[C@H]1CC[C@H](c2cnc(-c3ccc(OC(=O)C4CCC(CCCCC)CC4)cc3)nc2)CC1. The molecule has 232 valence electrons. The van der Waals surface area contributed by atoms with Crippen molar-refractivity contribution in [2.24, 2.45) is 17.8 Å². The van der Waals surface area contributed by atoms with Gasteiger partial charge in [-0.05, 0) is 98.9 Å². The molecule has 4 nitrogen and oxygen atoms in total. The molecule has 1 aromatic heterocycles. The number of aromatic nitrogens is 2. The topological polar surface area (TPSA) is 52.1 Å². The van der Waals surface area contributed by atoms with Crippen molar-refractivity contribution in [1.82, 2.24) is 9.97 Å². The summed E-state index contributed by atoms with van der Waals surface area (Å²) in [7, 11) is 0. The Morgan fingerprint density at radius 2 is 1.17 bits per heavy atom. The van der Waals surface area contributed by atoms with Gasteiger partial charge in [-0.25, -0.2) is 9.97 Å². The third-order valence-corrected chi connectivity index (χ3v) is 10.2. The van der Waals surface area contributed by atoms with E-state index in [1.165, 1.54) is 115 Å². The number of hydrogen-bond acceptors (Lipinski definition) is 4. The van der Waals surface area contributed by atoms with Gasteiger partial charge in [0.05, 0.1) is 5.92 Å². The molecule has 1 heterocycles. The lowest BCUT2D eigenvalue weighted by Crippen LogP contribution is -2.25. The Labute approximate surface area is 256 Å². The van der Waals surface area contributed by atoms with Crippen LogP contribution >= 0.6 is 0 Å². The molecule has 2 fully saturated rings. The number of hydrogen-bond donors (Lipinski definition) is 0. The molecule has 2 saturated carbocycles. The van der Waals surface area contributed by atoms with Gasteiger partial charge in [0.1, 0.15) is 5.75 Å². The number of carbonyl (C=O) groups is 1. The smallest absolute Gasteiger partial charge is 0.314 e. The van der Waals surface area contributed by atoms with E-state index in [9.17, 15) is 4.79 Å². The number of esters is 1. The van der Waals surface area contributed by atoms with Crippen LogP contribution < -0.4 is 4.74 Å². The summed E-state index contributed by atoms with van der Waals surface area (Å²) < 4.78 is 5.76. The van der Waals surface area contributed by atoms with Crippen LogP contribution in [-0.2, 0) is 4.79 Å². The summed E-state index contributed by atoms with van der Waals surface area (Å²) in [6.07, 6.45) is 31.5. The first-order valence-corrected chi connectivity index (χ1v) is 17.8. The standard InChI is InChI=1S/C38H58N2O2/c1-3-5-7-8-9-10-11-13-15-31-16-20-32(21-17-31)35-28-39-37(40-29-35)33-24-26-36(27-25-33)42-38(41)34-22-18-30(19-23-34)14-12-6-4-2/h24-32,34H,3-23H2,1-2H3/t30?,31-,32-,34?. The maximum Gasteiger partial charge on any atom is 0.314 e. The Balaban J connectivity index is 1.14. The van der Waals surface area contributed by atoms with Crippen molar-refractivity contribution in [3.63, 3.8) is 0 Å². The molecular weight excluding hydrogens is 516 g/mol.